The molecule has 3 aromatic rings. The number of anilines is 3. The lowest BCUT2D eigenvalue weighted by Gasteiger charge is -2.15. The molecule has 0 saturated heterocycles. The van der Waals surface area contributed by atoms with Gasteiger partial charge < -0.3 is 11.1 Å². The van der Waals surface area contributed by atoms with Crippen LogP contribution in [-0.2, 0) is 6.54 Å². The van der Waals surface area contributed by atoms with E-state index < -0.39 is 0 Å². The van der Waals surface area contributed by atoms with Crippen molar-refractivity contribution in [1.29, 1.82) is 5.26 Å². The van der Waals surface area contributed by atoms with Gasteiger partial charge in [-0.05, 0) is 43.0 Å². The van der Waals surface area contributed by atoms with E-state index in [2.05, 4.69) is 26.5 Å². The molecule has 0 aliphatic heterocycles. The number of hydrogen-bond acceptors (Lipinski definition) is 6. The van der Waals surface area contributed by atoms with Crippen LogP contribution < -0.4 is 11.1 Å². The molecule has 2 heterocycles. The molecule has 1 fully saturated rings. The van der Waals surface area contributed by atoms with Gasteiger partial charge in [0.05, 0.1) is 30.4 Å². The molecule has 7 heteroatoms. The Hall–Kier alpha value is -3.40. The third kappa shape index (κ3) is 4.12. The Balaban J connectivity index is 1.48. The summed E-state index contributed by atoms with van der Waals surface area (Å²) in [5, 5.41) is 17.2. The predicted molar refractivity (Wildman–Crippen MR) is 108 cm³/mol. The monoisotopic (exact) mass is 373 g/mol. The van der Waals surface area contributed by atoms with E-state index in [1.165, 1.54) is 12.8 Å². The first kappa shape index (κ1) is 18.0. The minimum atomic E-state index is 0.0152. The second-order valence-corrected chi connectivity index (χ2v) is 7.25. The summed E-state index contributed by atoms with van der Waals surface area (Å²) in [6, 6.07) is 11.8. The topological polar surface area (TPSA) is 105 Å². The zero-order chi connectivity index (χ0) is 19.3. The molecule has 0 amide bonds. The van der Waals surface area contributed by atoms with Crippen LogP contribution in [0, 0.1) is 23.2 Å². The lowest BCUT2D eigenvalue weighted by atomic mass is 9.92. The molecule has 1 atom stereocenters. The van der Waals surface area contributed by atoms with Crippen molar-refractivity contribution in [2.45, 2.75) is 32.2 Å². The molecule has 0 spiro atoms. The quantitative estimate of drug-likeness (QED) is 0.633. The van der Waals surface area contributed by atoms with Crippen molar-refractivity contribution in [2.24, 2.45) is 11.8 Å². The first-order valence-corrected chi connectivity index (χ1v) is 9.59. The zero-order valence-corrected chi connectivity index (χ0v) is 15.6. The first-order valence-electron chi connectivity index (χ1n) is 9.59. The average Bonchev–Trinajstić information content (AvgIpc) is 3.38. The Morgan fingerprint density at radius 3 is 2.93 bits per heavy atom. The number of nitrogen functional groups attached to an aromatic ring is 1. The number of nitrogens with zero attached hydrogens (tertiary/aromatic N) is 5. The molecule has 7 nitrogen and oxygen atoms in total. The van der Waals surface area contributed by atoms with Crippen LogP contribution in [0.15, 0.2) is 48.9 Å². The Kier molecular flexibility index (Phi) is 5.20. The highest BCUT2D eigenvalue weighted by molar-refractivity contribution is 5.62. The maximum Gasteiger partial charge on any atom is 0.227 e. The number of nitrogens with one attached hydrogen (secondary N) is 1. The van der Waals surface area contributed by atoms with Gasteiger partial charge in [-0.3, -0.25) is 4.68 Å². The molecule has 1 saturated carbocycles. The van der Waals surface area contributed by atoms with Gasteiger partial charge in [0, 0.05) is 29.3 Å². The molecule has 0 radical (unpaired) electrons. The van der Waals surface area contributed by atoms with Gasteiger partial charge in [-0.15, -0.1) is 0 Å². The summed E-state index contributed by atoms with van der Waals surface area (Å²) in [4.78, 5) is 8.85. The van der Waals surface area contributed by atoms with Crippen molar-refractivity contribution >= 4 is 17.3 Å². The predicted octanol–water partition coefficient (Wildman–Crippen LogP) is 4.00. The third-order valence-electron chi connectivity index (χ3n) is 5.25. The van der Waals surface area contributed by atoms with E-state index in [0.717, 1.165) is 29.8 Å². The molecular formula is C21H23N7. The van der Waals surface area contributed by atoms with Crippen molar-refractivity contribution in [2.75, 3.05) is 11.1 Å². The van der Waals surface area contributed by atoms with Crippen molar-refractivity contribution in [3.05, 3.63) is 48.9 Å². The van der Waals surface area contributed by atoms with Crippen LogP contribution >= 0.6 is 0 Å². The van der Waals surface area contributed by atoms with Crippen LogP contribution in [0.3, 0.4) is 0 Å². The highest BCUT2D eigenvalue weighted by Gasteiger charge is 2.25. The van der Waals surface area contributed by atoms with Crippen LogP contribution in [0.4, 0.5) is 17.3 Å². The van der Waals surface area contributed by atoms with E-state index in [0.29, 0.717) is 24.1 Å². The van der Waals surface area contributed by atoms with Gasteiger partial charge in [-0.2, -0.15) is 10.4 Å². The summed E-state index contributed by atoms with van der Waals surface area (Å²) in [5.74, 6) is 1.00. The Labute approximate surface area is 164 Å². The largest absolute Gasteiger partial charge is 0.399 e. The van der Waals surface area contributed by atoms with Crippen LogP contribution in [-0.4, -0.2) is 19.7 Å². The number of rotatable bonds is 6. The Morgan fingerprint density at radius 2 is 2.14 bits per heavy atom. The molecular weight excluding hydrogens is 350 g/mol. The molecule has 2 aromatic heterocycles. The van der Waals surface area contributed by atoms with Crippen molar-refractivity contribution in [1.82, 2.24) is 19.7 Å². The normalized spacial score (nSPS) is 15.2. The number of hydrogen-bond donors (Lipinski definition) is 2. The minimum Gasteiger partial charge on any atom is -0.399 e. The second-order valence-electron chi connectivity index (χ2n) is 7.25. The highest BCUT2D eigenvalue weighted by Crippen LogP contribution is 2.32. The number of aromatic nitrogens is 4. The fraction of sp³-hybridized carbons (Fsp3) is 0.333. The maximum atomic E-state index is 9.54. The van der Waals surface area contributed by atoms with Gasteiger partial charge in [-0.25, -0.2) is 9.97 Å². The highest BCUT2D eigenvalue weighted by atomic mass is 15.3. The molecule has 4 rings (SSSR count). The van der Waals surface area contributed by atoms with Crippen LogP contribution in [0.5, 0.6) is 0 Å². The lowest BCUT2D eigenvalue weighted by Crippen LogP contribution is -2.17. The molecule has 1 aliphatic carbocycles. The summed E-state index contributed by atoms with van der Waals surface area (Å²) in [6.07, 6.45) is 10.2. The number of nitriles is 1. The average molecular weight is 373 g/mol. The van der Waals surface area contributed by atoms with E-state index >= 15 is 0 Å². The zero-order valence-electron chi connectivity index (χ0n) is 15.6. The van der Waals surface area contributed by atoms with E-state index in [-0.39, 0.29) is 5.92 Å². The molecule has 1 unspecified atom stereocenters. The van der Waals surface area contributed by atoms with Gasteiger partial charge in [0.1, 0.15) is 0 Å². The van der Waals surface area contributed by atoms with Gasteiger partial charge in [0.15, 0.2) is 0 Å². The van der Waals surface area contributed by atoms with Crippen molar-refractivity contribution in [3.8, 4) is 17.3 Å². The van der Waals surface area contributed by atoms with Crippen LogP contribution in [0.1, 0.15) is 25.7 Å². The summed E-state index contributed by atoms with van der Waals surface area (Å²) < 4.78 is 1.86. The molecule has 142 valence electrons. The van der Waals surface area contributed by atoms with Crippen molar-refractivity contribution in [3.63, 3.8) is 0 Å². The number of benzene rings is 1. The van der Waals surface area contributed by atoms with E-state index in [1.54, 1.807) is 12.4 Å². The smallest absolute Gasteiger partial charge is 0.227 e. The molecule has 1 aliphatic rings. The first-order chi connectivity index (χ1) is 13.7. The standard InChI is InChI=1S/C21H23N7/c22-11-16(15-4-1-2-5-15)13-28-14-17(12-25-28)20-8-9-24-21(27-20)26-19-7-3-6-18(23)10-19/h3,6-10,12,14-16H,1-2,4-5,13,23H2,(H,24,26,27). The van der Waals surface area contributed by atoms with E-state index in [9.17, 15) is 5.26 Å². The van der Waals surface area contributed by atoms with Crippen LogP contribution in [0.25, 0.3) is 11.3 Å². The van der Waals surface area contributed by atoms with E-state index in [4.69, 9.17) is 5.73 Å². The second kappa shape index (κ2) is 8.09. The molecule has 28 heavy (non-hydrogen) atoms. The van der Waals surface area contributed by atoms with Gasteiger partial charge in [0.25, 0.3) is 0 Å². The van der Waals surface area contributed by atoms with Gasteiger partial charge >= 0.3 is 0 Å². The third-order valence-corrected chi connectivity index (χ3v) is 5.25. The Bertz CT molecular complexity index is 982. The summed E-state index contributed by atoms with van der Waals surface area (Å²) in [6.45, 7) is 0.626. The fourth-order valence-corrected chi connectivity index (χ4v) is 3.78. The maximum absolute atomic E-state index is 9.54. The van der Waals surface area contributed by atoms with Crippen LogP contribution in [0.2, 0.25) is 0 Å². The number of nitrogens with two attached hydrogens (primary N) is 1. The minimum absolute atomic E-state index is 0.0152. The van der Waals surface area contributed by atoms with Crippen molar-refractivity contribution < 1.29 is 0 Å². The van der Waals surface area contributed by atoms with Gasteiger partial charge in [0.2, 0.25) is 5.95 Å². The Morgan fingerprint density at radius 1 is 1.29 bits per heavy atom. The van der Waals surface area contributed by atoms with E-state index in [1.807, 2.05) is 41.2 Å². The fourth-order valence-electron chi connectivity index (χ4n) is 3.78. The SMILES string of the molecule is N#CC(Cn1cc(-c2ccnc(Nc3cccc(N)c3)n2)cn1)C1CCCC1. The summed E-state index contributed by atoms with van der Waals surface area (Å²) >= 11 is 0. The summed E-state index contributed by atoms with van der Waals surface area (Å²) in [7, 11) is 0. The lowest BCUT2D eigenvalue weighted by molar-refractivity contribution is 0.355. The molecule has 3 N–H and O–H groups in total. The molecule has 0 bridgehead atoms. The van der Waals surface area contributed by atoms with Gasteiger partial charge in [-0.1, -0.05) is 18.9 Å². The molecule has 1 aromatic carbocycles. The summed E-state index contributed by atoms with van der Waals surface area (Å²) in [5.41, 5.74) is 9.01.